The number of hydrogen-bond donors (Lipinski definition) is 1. The number of terminal acetylenes is 1. The zero-order chi connectivity index (χ0) is 8.81. The molecule has 0 bridgehead atoms. The van der Waals surface area contributed by atoms with Crippen molar-refractivity contribution in [3.8, 4) is 12.3 Å². The summed E-state index contributed by atoms with van der Waals surface area (Å²) >= 11 is 2.30. The Morgan fingerprint density at radius 2 is 2.17 bits per heavy atom. The van der Waals surface area contributed by atoms with Crippen molar-refractivity contribution in [3.05, 3.63) is 27.8 Å². The van der Waals surface area contributed by atoms with Crippen molar-refractivity contribution >= 4 is 28.3 Å². The van der Waals surface area contributed by atoms with Gasteiger partial charge in [-0.1, -0.05) is 12.1 Å². The predicted molar refractivity (Wildman–Crippen MR) is 61.1 cm³/mol. The van der Waals surface area contributed by atoms with Crippen molar-refractivity contribution in [3.63, 3.8) is 0 Å². The molecular formula is C10H10IN. The molecule has 0 radical (unpaired) electrons. The van der Waals surface area contributed by atoms with Crippen LogP contribution in [0.4, 0.5) is 5.69 Å². The van der Waals surface area contributed by atoms with Gasteiger partial charge < -0.3 is 5.32 Å². The van der Waals surface area contributed by atoms with Gasteiger partial charge in [0, 0.05) is 22.2 Å². The van der Waals surface area contributed by atoms with E-state index in [-0.39, 0.29) is 0 Å². The Morgan fingerprint density at radius 3 is 2.83 bits per heavy atom. The molecule has 0 heterocycles. The molecule has 2 heteroatoms. The van der Waals surface area contributed by atoms with Gasteiger partial charge in [-0.15, -0.1) is 12.3 Å². The van der Waals surface area contributed by atoms with E-state index in [9.17, 15) is 0 Å². The minimum Gasteiger partial charge on any atom is -0.383 e. The Hall–Kier alpha value is -0.690. The van der Waals surface area contributed by atoms with Gasteiger partial charge >= 0.3 is 0 Å². The molecule has 0 unspecified atom stereocenters. The Morgan fingerprint density at radius 1 is 1.42 bits per heavy atom. The lowest BCUT2D eigenvalue weighted by molar-refractivity contribution is 1.10. The first kappa shape index (κ1) is 9.40. The van der Waals surface area contributed by atoms with E-state index in [2.05, 4.69) is 46.0 Å². The number of rotatable bonds is 3. The highest BCUT2D eigenvalue weighted by Crippen LogP contribution is 2.16. The second-order valence-electron chi connectivity index (χ2n) is 2.36. The lowest BCUT2D eigenvalue weighted by Crippen LogP contribution is -2.01. The van der Waals surface area contributed by atoms with E-state index in [1.54, 1.807) is 0 Å². The summed E-state index contributed by atoms with van der Waals surface area (Å²) in [6.45, 7) is 0.844. The third-order valence-electron chi connectivity index (χ3n) is 1.46. The maximum Gasteiger partial charge on any atom is 0.0476 e. The fraction of sp³-hybridized carbons (Fsp3) is 0.200. The standard InChI is InChI=1S/C10H10IN/c1-2-3-8-12-10-7-5-4-6-9(10)11/h1,4-7,12H,3,8H2. The molecular weight excluding hydrogens is 261 g/mol. The summed E-state index contributed by atoms with van der Waals surface area (Å²) in [7, 11) is 0. The van der Waals surface area contributed by atoms with Gasteiger partial charge in [0.2, 0.25) is 0 Å². The predicted octanol–water partition coefficient (Wildman–Crippen LogP) is 2.73. The first-order chi connectivity index (χ1) is 5.84. The second kappa shape index (κ2) is 5.04. The van der Waals surface area contributed by atoms with Crippen LogP contribution in [0.5, 0.6) is 0 Å². The van der Waals surface area contributed by atoms with Crippen LogP contribution in [0.2, 0.25) is 0 Å². The smallest absolute Gasteiger partial charge is 0.0476 e. The Labute approximate surface area is 86.7 Å². The van der Waals surface area contributed by atoms with Crippen LogP contribution in [0.25, 0.3) is 0 Å². The Balaban J connectivity index is 2.53. The van der Waals surface area contributed by atoms with Gasteiger partial charge in [0.25, 0.3) is 0 Å². The average molecular weight is 271 g/mol. The quantitative estimate of drug-likeness (QED) is 0.506. The molecule has 12 heavy (non-hydrogen) atoms. The van der Waals surface area contributed by atoms with Crippen LogP contribution in [0.15, 0.2) is 24.3 Å². The first-order valence-corrected chi connectivity index (χ1v) is 4.84. The molecule has 0 atom stereocenters. The third kappa shape index (κ3) is 2.74. The summed E-state index contributed by atoms with van der Waals surface area (Å²) in [6.07, 6.45) is 5.91. The number of halogens is 1. The maximum atomic E-state index is 5.14. The highest BCUT2D eigenvalue weighted by molar-refractivity contribution is 14.1. The second-order valence-corrected chi connectivity index (χ2v) is 3.52. The fourth-order valence-electron chi connectivity index (χ4n) is 0.874. The van der Waals surface area contributed by atoms with Crippen LogP contribution in [-0.2, 0) is 0 Å². The van der Waals surface area contributed by atoms with Gasteiger partial charge in [0.15, 0.2) is 0 Å². The molecule has 0 saturated heterocycles. The van der Waals surface area contributed by atoms with Crippen LogP contribution >= 0.6 is 22.6 Å². The molecule has 0 aliphatic carbocycles. The minimum absolute atomic E-state index is 0.769. The number of benzene rings is 1. The largest absolute Gasteiger partial charge is 0.383 e. The lowest BCUT2D eigenvalue weighted by Gasteiger charge is -2.05. The highest BCUT2D eigenvalue weighted by atomic mass is 127. The van der Waals surface area contributed by atoms with Crippen molar-refractivity contribution in [2.75, 3.05) is 11.9 Å². The number of nitrogens with one attached hydrogen (secondary N) is 1. The maximum absolute atomic E-state index is 5.14. The molecule has 1 N–H and O–H groups in total. The molecule has 0 saturated carbocycles. The van der Waals surface area contributed by atoms with Crippen molar-refractivity contribution in [1.82, 2.24) is 0 Å². The van der Waals surface area contributed by atoms with Gasteiger partial charge in [-0.3, -0.25) is 0 Å². The molecule has 0 aliphatic heterocycles. The van der Waals surface area contributed by atoms with Crippen LogP contribution in [0, 0.1) is 15.9 Å². The highest BCUT2D eigenvalue weighted by Gasteiger charge is 1.94. The molecule has 0 fully saturated rings. The van der Waals surface area contributed by atoms with Crippen molar-refractivity contribution < 1.29 is 0 Å². The van der Waals surface area contributed by atoms with Crippen LogP contribution in [-0.4, -0.2) is 6.54 Å². The minimum atomic E-state index is 0.769. The SMILES string of the molecule is C#CCCNc1ccccc1I. The monoisotopic (exact) mass is 271 g/mol. The van der Waals surface area contributed by atoms with Gasteiger partial charge in [-0.25, -0.2) is 0 Å². The molecule has 1 aromatic carbocycles. The normalized spacial score (nSPS) is 9.00. The van der Waals surface area contributed by atoms with Gasteiger partial charge in [0.05, 0.1) is 0 Å². The zero-order valence-electron chi connectivity index (χ0n) is 6.68. The van der Waals surface area contributed by atoms with E-state index in [0.717, 1.165) is 18.7 Å². The van der Waals surface area contributed by atoms with Crippen molar-refractivity contribution in [2.45, 2.75) is 6.42 Å². The van der Waals surface area contributed by atoms with Crippen molar-refractivity contribution in [2.24, 2.45) is 0 Å². The summed E-state index contributed by atoms with van der Waals surface area (Å²) in [4.78, 5) is 0. The number of anilines is 1. The average Bonchev–Trinajstić information content (AvgIpc) is 2.09. The Bertz CT molecular complexity index is 288. The summed E-state index contributed by atoms with van der Waals surface area (Å²) in [6, 6.07) is 8.16. The van der Waals surface area contributed by atoms with Crippen molar-refractivity contribution in [1.29, 1.82) is 0 Å². The fourth-order valence-corrected chi connectivity index (χ4v) is 1.45. The summed E-state index contributed by atoms with van der Waals surface area (Å²) < 4.78 is 1.23. The van der Waals surface area contributed by atoms with E-state index < -0.39 is 0 Å². The first-order valence-electron chi connectivity index (χ1n) is 3.76. The third-order valence-corrected chi connectivity index (χ3v) is 2.40. The molecule has 1 nitrogen and oxygen atoms in total. The van der Waals surface area contributed by atoms with E-state index in [4.69, 9.17) is 6.42 Å². The molecule has 1 aromatic rings. The summed E-state index contributed by atoms with van der Waals surface area (Å²) in [5.74, 6) is 2.59. The molecule has 0 spiro atoms. The molecule has 0 aliphatic rings. The van der Waals surface area contributed by atoms with Crippen LogP contribution in [0.1, 0.15) is 6.42 Å². The van der Waals surface area contributed by atoms with Crippen LogP contribution < -0.4 is 5.32 Å². The molecule has 62 valence electrons. The van der Waals surface area contributed by atoms with E-state index in [1.165, 1.54) is 3.57 Å². The molecule has 0 amide bonds. The zero-order valence-corrected chi connectivity index (χ0v) is 8.84. The van der Waals surface area contributed by atoms with Gasteiger partial charge in [-0.05, 0) is 34.7 Å². The Kier molecular flexibility index (Phi) is 3.95. The van der Waals surface area contributed by atoms with Crippen LogP contribution in [0.3, 0.4) is 0 Å². The molecule has 0 aromatic heterocycles. The van der Waals surface area contributed by atoms with Gasteiger partial charge in [-0.2, -0.15) is 0 Å². The van der Waals surface area contributed by atoms with E-state index in [1.807, 2.05) is 12.1 Å². The summed E-state index contributed by atoms with van der Waals surface area (Å²) in [5, 5.41) is 3.26. The van der Waals surface area contributed by atoms with E-state index >= 15 is 0 Å². The number of para-hydroxylation sites is 1. The molecule has 1 rings (SSSR count). The van der Waals surface area contributed by atoms with Gasteiger partial charge in [0.1, 0.15) is 0 Å². The topological polar surface area (TPSA) is 12.0 Å². The number of hydrogen-bond acceptors (Lipinski definition) is 1. The summed E-state index contributed by atoms with van der Waals surface area (Å²) in [5.41, 5.74) is 1.16. The van der Waals surface area contributed by atoms with E-state index in [0.29, 0.717) is 0 Å². The lowest BCUT2D eigenvalue weighted by atomic mass is 10.3.